The molecular formula is C10H21NO. The van der Waals surface area contributed by atoms with Gasteiger partial charge in [-0.05, 0) is 19.3 Å². The zero-order chi connectivity index (χ0) is 9.03. The first-order valence-electron chi connectivity index (χ1n) is 5.16. The van der Waals surface area contributed by atoms with Gasteiger partial charge >= 0.3 is 0 Å². The summed E-state index contributed by atoms with van der Waals surface area (Å²) in [5.41, 5.74) is 0.118. The monoisotopic (exact) mass is 171 g/mol. The van der Waals surface area contributed by atoms with Crippen LogP contribution >= 0.6 is 0 Å². The van der Waals surface area contributed by atoms with E-state index >= 15 is 0 Å². The summed E-state index contributed by atoms with van der Waals surface area (Å²) in [6.45, 7) is 8.56. The molecular weight excluding hydrogens is 150 g/mol. The third kappa shape index (κ3) is 1.64. The van der Waals surface area contributed by atoms with E-state index in [1.165, 1.54) is 6.42 Å². The van der Waals surface area contributed by atoms with E-state index in [4.69, 9.17) is 4.74 Å². The zero-order valence-electron chi connectivity index (χ0n) is 8.52. The first-order chi connectivity index (χ1) is 5.79. The van der Waals surface area contributed by atoms with Crippen molar-refractivity contribution in [2.75, 3.05) is 13.2 Å². The first-order valence-corrected chi connectivity index (χ1v) is 5.16. The van der Waals surface area contributed by atoms with E-state index in [1.807, 2.05) is 0 Å². The summed E-state index contributed by atoms with van der Waals surface area (Å²) < 4.78 is 5.90. The van der Waals surface area contributed by atoms with Crippen LogP contribution in [0, 0.1) is 0 Å². The van der Waals surface area contributed by atoms with Crippen LogP contribution in [-0.4, -0.2) is 24.8 Å². The quantitative estimate of drug-likeness (QED) is 0.700. The normalized spacial score (nSPS) is 28.8. The van der Waals surface area contributed by atoms with Gasteiger partial charge in [-0.3, -0.25) is 0 Å². The predicted octanol–water partition coefficient (Wildman–Crippen LogP) is 1.94. The minimum absolute atomic E-state index is 0.118. The SMILES string of the molecule is CCC1NCCOC1(CC)CC. The molecule has 1 atom stereocenters. The van der Waals surface area contributed by atoms with Crippen LogP contribution in [0.15, 0.2) is 0 Å². The van der Waals surface area contributed by atoms with Crippen LogP contribution in [0.1, 0.15) is 40.0 Å². The predicted molar refractivity (Wildman–Crippen MR) is 51.3 cm³/mol. The fourth-order valence-electron chi connectivity index (χ4n) is 2.24. The fourth-order valence-corrected chi connectivity index (χ4v) is 2.24. The molecule has 2 nitrogen and oxygen atoms in total. The van der Waals surface area contributed by atoms with E-state index in [2.05, 4.69) is 26.1 Å². The number of morpholine rings is 1. The molecule has 0 aliphatic carbocycles. The van der Waals surface area contributed by atoms with Crippen LogP contribution in [0.2, 0.25) is 0 Å². The highest BCUT2D eigenvalue weighted by atomic mass is 16.5. The molecule has 1 aliphatic heterocycles. The van der Waals surface area contributed by atoms with Gasteiger partial charge in [-0.2, -0.15) is 0 Å². The van der Waals surface area contributed by atoms with E-state index in [0.717, 1.165) is 26.0 Å². The van der Waals surface area contributed by atoms with Crippen LogP contribution in [0.3, 0.4) is 0 Å². The Kier molecular flexibility index (Phi) is 3.53. The van der Waals surface area contributed by atoms with Gasteiger partial charge in [0.15, 0.2) is 0 Å². The van der Waals surface area contributed by atoms with E-state index in [9.17, 15) is 0 Å². The lowest BCUT2D eigenvalue weighted by atomic mass is 9.85. The highest BCUT2D eigenvalue weighted by Gasteiger charge is 2.37. The lowest BCUT2D eigenvalue weighted by Crippen LogP contribution is -2.57. The summed E-state index contributed by atoms with van der Waals surface area (Å²) in [5, 5.41) is 3.54. The Morgan fingerprint density at radius 2 is 2.00 bits per heavy atom. The van der Waals surface area contributed by atoms with Crippen molar-refractivity contribution in [2.24, 2.45) is 0 Å². The average molecular weight is 171 g/mol. The van der Waals surface area contributed by atoms with Gasteiger partial charge in [-0.15, -0.1) is 0 Å². The van der Waals surface area contributed by atoms with Crippen molar-refractivity contribution >= 4 is 0 Å². The number of hydrogen-bond acceptors (Lipinski definition) is 2. The van der Waals surface area contributed by atoms with Crippen LogP contribution in [0.25, 0.3) is 0 Å². The Morgan fingerprint density at radius 1 is 1.33 bits per heavy atom. The van der Waals surface area contributed by atoms with Gasteiger partial charge in [0, 0.05) is 12.6 Å². The molecule has 12 heavy (non-hydrogen) atoms. The van der Waals surface area contributed by atoms with Gasteiger partial charge < -0.3 is 10.1 Å². The molecule has 0 bridgehead atoms. The molecule has 1 aliphatic rings. The summed E-state index contributed by atoms with van der Waals surface area (Å²) >= 11 is 0. The molecule has 0 radical (unpaired) electrons. The molecule has 1 rings (SSSR count). The Morgan fingerprint density at radius 3 is 2.42 bits per heavy atom. The van der Waals surface area contributed by atoms with Crippen LogP contribution in [0.4, 0.5) is 0 Å². The van der Waals surface area contributed by atoms with Gasteiger partial charge in [0.2, 0.25) is 0 Å². The van der Waals surface area contributed by atoms with E-state index < -0.39 is 0 Å². The third-order valence-corrected chi connectivity index (χ3v) is 3.12. The summed E-state index contributed by atoms with van der Waals surface area (Å²) in [4.78, 5) is 0. The molecule has 0 amide bonds. The fraction of sp³-hybridized carbons (Fsp3) is 1.00. The molecule has 0 saturated carbocycles. The van der Waals surface area contributed by atoms with Crippen molar-refractivity contribution in [3.63, 3.8) is 0 Å². The topological polar surface area (TPSA) is 21.3 Å². The molecule has 0 aromatic rings. The third-order valence-electron chi connectivity index (χ3n) is 3.12. The second-order valence-corrected chi connectivity index (χ2v) is 3.54. The molecule has 0 aromatic heterocycles. The maximum atomic E-state index is 5.90. The Bertz CT molecular complexity index is 132. The molecule has 1 heterocycles. The van der Waals surface area contributed by atoms with Crippen LogP contribution in [0.5, 0.6) is 0 Å². The standard InChI is InChI=1S/C10H21NO/c1-4-9-10(5-2,6-3)12-8-7-11-9/h9,11H,4-8H2,1-3H3. The lowest BCUT2D eigenvalue weighted by Gasteiger charge is -2.43. The van der Waals surface area contributed by atoms with E-state index in [0.29, 0.717) is 6.04 Å². The maximum absolute atomic E-state index is 5.90. The molecule has 1 saturated heterocycles. The zero-order valence-corrected chi connectivity index (χ0v) is 8.52. The number of nitrogens with one attached hydrogen (secondary N) is 1. The highest BCUT2D eigenvalue weighted by molar-refractivity contribution is 4.93. The second kappa shape index (κ2) is 4.24. The molecule has 0 aromatic carbocycles. The second-order valence-electron chi connectivity index (χ2n) is 3.54. The van der Waals surface area contributed by atoms with Crippen molar-refractivity contribution in [3.05, 3.63) is 0 Å². The summed E-state index contributed by atoms with van der Waals surface area (Å²) in [5.74, 6) is 0. The molecule has 1 N–H and O–H groups in total. The van der Waals surface area contributed by atoms with Crippen LogP contribution in [-0.2, 0) is 4.74 Å². The van der Waals surface area contributed by atoms with Gasteiger partial charge in [-0.1, -0.05) is 20.8 Å². The minimum atomic E-state index is 0.118. The molecule has 1 fully saturated rings. The van der Waals surface area contributed by atoms with Crippen molar-refractivity contribution in [1.82, 2.24) is 5.32 Å². The van der Waals surface area contributed by atoms with Crippen molar-refractivity contribution in [1.29, 1.82) is 0 Å². The lowest BCUT2D eigenvalue weighted by molar-refractivity contribution is -0.102. The van der Waals surface area contributed by atoms with Gasteiger partial charge in [0.25, 0.3) is 0 Å². The average Bonchev–Trinajstić information content (AvgIpc) is 2.17. The first kappa shape index (κ1) is 10.0. The number of rotatable bonds is 3. The molecule has 72 valence electrons. The van der Waals surface area contributed by atoms with Crippen molar-refractivity contribution in [3.8, 4) is 0 Å². The van der Waals surface area contributed by atoms with Gasteiger partial charge in [0.1, 0.15) is 0 Å². The Balaban J connectivity index is 2.66. The summed E-state index contributed by atoms with van der Waals surface area (Å²) in [6.07, 6.45) is 3.41. The van der Waals surface area contributed by atoms with Crippen molar-refractivity contribution in [2.45, 2.75) is 51.7 Å². The molecule has 1 unspecified atom stereocenters. The highest BCUT2D eigenvalue weighted by Crippen LogP contribution is 2.28. The van der Waals surface area contributed by atoms with Gasteiger partial charge in [-0.25, -0.2) is 0 Å². The number of ether oxygens (including phenoxy) is 1. The smallest absolute Gasteiger partial charge is 0.0830 e. The summed E-state index contributed by atoms with van der Waals surface area (Å²) in [7, 11) is 0. The Labute approximate surface area is 75.7 Å². The van der Waals surface area contributed by atoms with E-state index in [-0.39, 0.29) is 5.60 Å². The van der Waals surface area contributed by atoms with Crippen molar-refractivity contribution < 1.29 is 4.74 Å². The molecule has 0 spiro atoms. The van der Waals surface area contributed by atoms with E-state index in [1.54, 1.807) is 0 Å². The maximum Gasteiger partial charge on any atom is 0.0830 e. The van der Waals surface area contributed by atoms with Gasteiger partial charge in [0.05, 0.1) is 12.2 Å². The summed E-state index contributed by atoms with van der Waals surface area (Å²) in [6, 6.07) is 0.557. The molecule has 2 heteroatoms. The minimum Gasteiger partial charge on any atom is -0.372 e. The van der Waals surface area contributed by atoms with Crippen LogP contribution < -0.4 is 5.32 Å². The Hall–Kier alpha value is -0.0800. The number of hydrogen-bond donors (Lipinski definition) is 1. The largest absolute Gasteiger partial charge is 0.372 e.